The molecule has 0 spiro atoms. The molecular formula is C88H104N6+6. The molecule has 12 aromatic rings. The van der Waals surface area contributed by atoms with Crippen LogP contribution in [0.3, 0.4) is 0 Å². The minimum atomic E-state index is -2.14. The van der Waals surface area contributed by atoms with Gasteiger partial charge < -0.3 is 0 Å². The van der Waals surface area contributed by atoms with Gasteiger partial charge in [-0.3, -0.25) is 0 Å². The van der Waals surface area contributed by atoms with Crippen LogP contribution < -0.4 is 27.4 Å². The molecule has 0 amide bonds. The molecule has 0 fully saturated rings. The van der Waals surface area contributed by atoms with Gasteiger partial charge in [0.25, 0.3) is 0 Å². The summed E-state index contributed by atoms with van der Waals surface area (Å²) >= 11 is 0. The zero-order chi connectivity index (χ0) is 73.5. The monoisotopic (exact) mass is 1250 g/mol. The number of aromatic nitrogens is 6. The van der Waals surface area contributed by atoms with Crippen LogP contribution >= 0.6 is 0 Å². The normalized spacial score (nSPS) is 11.7. The minimum absolute atomic E-state index is 0.274. The highest BCUT2D eigenvalue weighted by atomic mass is 14.9. The number of rotatable bonds is 6. The smallest absolute Gasteiger partial charge is 0.201 e. The molecule has 12 rings (SSSR count). The Labute approximate surface area is 573 Å². The Bertz CT molecular complexity index is 4680. The van der Waals surface area contributed by atoms with Gasteiger partial charge in [0.15, 0.2) is 37.2 Å². The summed E-state index contributed by atoms with van der Waals surface area (Å²) in [6.07, 6.45) is 12.4. The van der Waals surface area contributed by atoms with Gasteiger partial charge in [0, 0.05) is 112 Å². The van der Waals surface area contributed by atoms with Gasteiger partial charge in [-0.15, -0.1) is 0 Å². The van der Waals surface area contributed by atoms with Gasteiger partial charge in [0.1, 0.15) is 42.3 Å². The number of aryl methyl sites for hydroxylation is 22. The fourth-order valence-corrected chi connectivity index (χ4v) is 11.8. The summed E-state index contributed by atoms with van der Waals surface area (Å²) < 4.78 is 57.3. The van der Waals surface area contributed by atoms with E-state index >= 15 is 0 Å². The molecule has 6 heterocycles. The summed E-state index contributed by atoms with van der Waals surface area (Å²) in [5, 5.41) is 0. The molecule has 0 unspecified atom stereocenters. The lowest BCUT2D eigenvalue weighted by molar-refractivity contribution is -0.660. The number of benzene rings is 6. The fourth-order valence-electron chi connectivity index (χ4n) is 11.8. The van der Waals surface area contributed by atoms with Crippen molar-refractivity contribution in [2.75, 3.05) is 0 Å². The Morgan fingerprint density at radius 1 is 0.202 bits per heavy atom. The van der Waals surface area contributed by atoms with Crippen molar-refractivity contribution in [2.45, 2.75) is 111 Å². The molecule has 6 nitrogen and oxygen atoms in total. The van der Waals surface area contributed by atoms with E-state index in [4.69, 9.17) is 8.22 Å². The molecule has 94 heavy (non-hydrogen) atoms. The lowest BCUT2D eigenvalue weighted by Crippen LogP contribution is -2.31. The van der Waals surface area contributed by atoms with Crippen molar-refractivity contribution >= 4 is 0 Å². The Balaban J connectivity index is 0.000000169. The number of nitrogens with zero attached hydrogens (tertiary/aromatic N) is 6. The van der Waals surface area contributed by atoms with Gasteiger partial charge in [0.2, 0.25) is 34.2 Å². The summed E-state index contributed by atoms with van der Waals surface area (Å²) in [6.45, 7) is 25.5. The highest BCUT2D eigenvalue weighted by Gasteiger charge is 2.18. The molecule has 480 valence electrons. The van der Waals surface area contributed by atoms with Crippen LogP contribution in [0, 0.1) is 111 Å². The van der Waals surface area contributed by atoms with Crippen molar-refractivity contribution in [3.05, 3.63) is 320 Å². The van der Waals surface area contributed by atoms with Crippen molar-refractivity contribution in [1.29, 1.82) is 0 Å². The first-order valence-corrected chi connectivity index (χ1v) is 32.4. The lowest BCUT2D eigenvalue weighted by Gasteiger charge is -2.07. The van der Waals surface area contributed by atoms with Crippen molar-refractivity contribution in [3.8, 4) is 67.5 Å². The second kappa shape index (κ2) is 33.2. The van der Waals surface area contributed by atoms with Crippen LogP contribution in [0.5, 0.6) is 0 Å². The van der Waals surface area contributed by atoms with Gasteiger partial charge in [-0.25, -0.2) is 27.4 Å². The second-order valence-corrected chi connectivity index (χ2v) is 25.4. The summed E-state index contributed by atoms with van der Waals surface area (Å²) in [7, 11) is 12.3. The number of pyridine rings is 6. The van der Waals surface area contributed by atoms with Gasteiger partial charge >= 0.3 is 0 Å². The molecule has 0 aliphatic heterocycles. The Hall–Kier alpha value is -9.78. The van der Waals surface area contributed by atoms with Crippen LogP contribution in [0.4, 0.5) is 0 Å². The maximum Gasteiger partial charge on any atom is 0.212 e. The molecule has 0 saturated carbocycles. The van der Waals surface area contributed by atoms with E-state index in [1.54, 1.807) is 48.1 Å². The second-order valence-electron chi connectivity index (χ2n) is 25.4. The zero-order valence-corrected chi connectivity index (χ0v) is 59.6. The first-order chi connectivity index (χ1) is 47.1. The molecule has 0 saturated heterocycles. The van der Waals surface area contributed by atoms with Crippen LogP contribution in [0.25, 0.3) is 67.5 Å². The molecule has 6 aromatic carbocycles. The van der Waals surface area contributed by atoms with Crippen molar-refractivity contribution in [3.63, 3.8) is 0 Å². The van der Waals surface area contributed by atoms with E-state index in [9.17, 15) is 0 Å². The van der Waals surface area contributed by atoms with E-state index in [-0.39, 0.29) is 5.56 Å². The lowest BCUT2D eigenvalue weighted by atomic mass is 10.0. The van der Waals surface area contributed by atoms with E-state index in [0.717, 1.165) is 16.8 Å². The summed E-state index contributed by atoms with van der Waals surface area (Å²) in [5.41, 5.74) is 33.2. The van der Waals surface area contributed by atoms with E-state index in [2.05, 4.69) is 337 Å². The molecule has 0 atom stereocenters. The standard InChI is InChI=1S/C16H20N.3C15H18N.C14H16N.C13H14N/c1-11-6-7-15(13(3)8-11)16-9-12(2)14(4)10-17(16)5;2*1-11-5-7-14(13(3)9-11)15-8-6-12(2)10-16(15)4;1-11-7-5-6-8-14(11)15-9-12(2)13(3)10-16(15)4;1-11-8-9-14(15(3)10-11)13-7-5-4-6-12(13)2;1-11-7-3-4-8-12(11)13-9-5-6-10-14(13)2/h6-10H,1-5H3;3*5-10H,1-4H3;4-10H,1-3H3;3-10H,1-2H3/q6*+1/i;1D3,2D3;;;;. The van der Waals surface area contributed by atoms with Crippen molar-refractivity contribution in [1.82, 2.24) is 0 Å². The Kier molecular flexibility index (Phi) is 22.2. The van der Waals surface area contributed by atoms with Gasteiger partial charge in [-0.1, -0.05) is 108 Å². The number of hydrogen-bond acceptors (Lipinski definition) is 0. The minimum Gasteiger partial charge on any atom is -0.201 e. The Morgan fingerprint density at radius 2 is 0.489 bits per heavy atom. The van der Waals surface area contributed by atoms with E-state index in [1.807, 2.05) is 13.0 Å². The van der Waals surface area contributed by atoms with Crippen LogP contribution in [-0.4, -0.2) is 0 Å². The van der Waals surface area contributed by atoms with E-state index in [1.165, 1.54) is 129 Å². The summed E-state index contributed by atoms with van der Waals surface area (Å²) in [6, 6.07) is 66.5. The Morgan fingerprint density at radius 3 is 0.851 bits per heavy atom. The predicted molar refractivity (Wildman–Crippen MR) is 394 cm³/mol. The van der Waals surface area contributed by atoms with Crippen LogP contribution in [-0.2, 0) is 42.3 Å². The van der Waals surface area contributed by atoms with Crippen LogP contribution in [0.2, 0.25) is 0 Å². The first-order valence-electron chi connectivity index (χ1n) is 35.4. The molecular weight excluding hydrogens is 1140 g/mol. The van der Waals surface area contributed by atoms with Gasteiger partial charge in [-0.2, -0.15) is 0 Å². The third kappa shape index (κ3) is 19.2. The van der Waals surface area contributed by atoms with Gasteiger partial charge in [0.05, 0.1) is 0 Å². The number of hydrogen-bond donors (Lipinski definition) is 0. The molecule has 0 bridgehead atoms. The third-order valence-corrected chi connectivity index (χ3v) is 17.3. The van der Waals surface area contributed by atoms with Crippen molar-refractivity contribution < 1.29 is 35.6 Å². The largest absolute Gasteiger partial charge is 0.212 e. The molecule has 6 heteroatoms. The quantitative estimate of drug-likeness (QED) is 0.148. The average Bonchev–Trinajstić information content (AvgIpc) is 0.793. The van der Waals surface area contributed by atoms with Crippen LogP contribution in [0.1, 0.15) is 97.2 Å². The molecule has 6 aromatic heterocycles. The molecule has 0 N–H and O–H groups in total. The van der Waals surface area contributed by atoms with Crippen molar-refractivity contribution in [2.24, 2.45) is 42.3 Å². The maximum absolute atomic E-state index is 7.45. The third-order valence-electron chi connectivity index (χ3n) is 17.3. The summed E-state index contributed by atoms with van der Waals surface area (Å²) in [5.74, 6) is 0. The first kappa shape index (κ1) is 63.0. The predicted octanol–water partition coefficient (Wildman–Crippen LogP) is 18.0. The van der Waals surface area contributed by atoms with E-state index < -0.39 is 13.7 Å². The van der Waals surface area contributed by atoms with Crippen LogP contribution in [0.15, 0.2) is 231 Å². The highest BCUT2D eigenvalue weighted by molar-refractivity contribution is 5.66. The topological polar surface area (TPSA) is 23.3 Å². The molecule has 0 radical (unpaired) electrons. The zero-order valence-electron chi connectivity index (χ0n) is 65.6. The molecule has 0 aliphatic carbocycles. The SMILES string of the molecule is Cc1cc(-c2ccccc2C)[n+](C)cc1C.Cc1ccc(-c2cc(C)c(C)c[n+]2C)c(C)c1.Cc1ccc(-c2ccc(C)c[n+]2C)c(C)c1.Cc1ccc(-c2ccccc2C)[n+](C)c1.Cc1ccccc1-c1cccc[n+]1C.[2H]C([2H])([2H])c1ccc(-c2ccc(C([2H])([2H])[2H])c[n+]2C)c(C)c1. The maximum atomic E-state index is 7.45. The molecule has 0 aliphatic rings. The van der Waals surface area contributed by atoms with Gasteiger partial charge in [-0.05, 0) is 216 Å². The average molecular weight is 1250 g/mol. The fraction of sp³-hybridized carbons (Fsp3) is 0.250. The van der Waals surface area contributed by atoms with E-state index in [0.29, 0.717) is 5.56 Å². The highest BCUT2D eigenvalue weighted by Crippen LogP contribution is 2.27. The summed E-state index contributed by atoms with van der Waals surface area (Å²) in [4.78, 5) is 0.